The predicted molar refractivity (Wildman–Crippen MR) is 111 cm³/mol. The van der Waals surface area contributed by atoms with Crippen molar-refractivity contribution in [3.63, 3.8) is 0 Å². The smallest absolute Gasteiger partial charge is 0.305 e. The van der Waals surface area contributed by atoms with E-state index in [-0.39, 0.29) is 18.1 Å². The van der Waals surface area contributed by atoms with Crippen molar-refractivity contribution in [2.24, 2.45) is 0 Å². The van der Waals surface area contributed by atoms with E-state index in [2.05, 4.69) is 9.97 Å². The number of benzene rings is 1. The maximum absolute atomic E-state index is 12.7. The number of ether oxygens (including phenoxy) is 2. The van der Waals surface area contributed by atoms with Crippen LogP contribution in [0.2, 0.25) is 0 Å². The van der Waals surface area contributed by atoms with Gasteiger partial charge in [-0.3, -0.25) is 9.59 Å². The van der Waals surface area contributed by atoms with Gasteiger partial charge in [-0.05, 0) is 24.1 Å². The molecular formula is C22H30N3O5+. The van der Waals surface area contributed by atoms with Crippen molar-refractivity contribution in [3.8, 4) is 5.75 Å². The van der Waals surface area contributed by atoms with Gasteiger partial charge in [-0.1, -0.05) is 19.1 Å². The van der Waals surface area contributed by atoms with E-state index in [0.717, 1.165) is 34.9 Å². The normalized spacial score (nSPS) is 16.6. The zero-order valence-electron chi connectivity index (χ0n) is 17.6. The summed E-state index contributed by atoms with van der Waals surface area (Å²) in [4.78, 5) is 32.7. The maximum Gasteiger partial charge on any atom is 0.305 e. The molecule has 162 valence electrons. The van der Waals surface area contributed by atoms with Crippen LogP contribution in [0.25, 0.3) is 0 Å². The average Bonchev–Trinajstić information content (AvgIpc) is 2.73. The molecule has 1 aliphatic heterocycles. The summed E-state index contributed by atoms with van der Waals surface area (Å²) >= 11 is 0. The summed E-state index contributed by atoms with van der Waals surface area (Å²) in [5.74, 6) is 1.11. The molecule has 2 atom stereocenters. The number of aromatic amines is 1. The Balaban J connectivity index is 1.61. The fourth-order valence-corrected chi connectivity index (χ4v) is 3.71. The van der Waals surface area contributed by atoms with E-state index >= 15 is 0 Å². The van der Waals surface area contributed by atoms with Gasteiger partial charge in [0.2, 0.25) is 0 Å². The lowest BCUT2D eigenvalue weighted by Gasteiger charge is -2.26. The molecule has 0 fully saturated rings. The number of hydrogen-bond acceptors (Lipinski definition) is 6. The van der Waals surface area contributed by atoms with E-state index in [4.69, 9.17) is 9.47 Å². The van der Waals surface area contributed by atoms with Gasteiger partial charge in [0, 0.05) is 19.3 Å². The number of aliphatic hydroxyl groups excluding tert-OH is 1. The van der Waals surface area contributed by atoms with Crippen LogP contribution in [0, 0.1) is 0 Å². The molecule has 2 aromatic rings. The number of carbonyl (C=O) groups is 1. The second kappa shape index (κ2) is 10.4. The van der Waals surface area contributed by atoms with Gasteiger partial charge in [-0.2, -0.15) is 0 Å². The highest BCUT2D eigenvalue weighted by Gasteiger charge is 2.26. The van der Waals surface area contributed by atoms with E-state index in [1.54, 1.807) is 7.11 Å². The molecule has 2 heterocycles. The van der Waals surface area contributed by atoms with Crippen LogP contribution >= 0.6 is 0 Å². The van der Waals surface area contributed by atoms with Crippen LogP contribution < -0.4 is 15.2 Å². The first-order valence-electron chi connectivity index (χ1n) is 10.4. The summed E-state index contributed by atoms with van der Waals surface area (Å²) in [5.41, 5.74) is 2.38. The highest BCUT2D eigenvalue weighted by atomic mass is 16.5. The van der Waals surface area contributed by atoms with Gasteiger partial charge >= 0.3 is 5.97 Å². The molecule has 1 aliphatic rings. The van der Waals surface area contributed by atoms with Crippen LogP contribution in [0.3, 0.4) is 0 Å². The molecule has 0 saturated carbocycles. The van der Waals surface area contributed by atoms with E-state index in [9.17, 15) is 14.7 Å². The maximum atomic E-state index is 12.7. The van der Waals surface area contributed by atoms with Crippen molar-refractivity contribution in [3.05, 3.63) is 57.3 Å². The van der Waals surface area contributed by atoms with E-state index in [1.807, 2.05) is 31.2 Å². The largest absolute Gasteiger partial charge is 0.497 e. The van der Waals surface area contributed by atoms with E-state index in [0.29, 0.717) is 43.7 Å². The van der Waals surface area contributed by atoms with Crippen molar-refractivity contribution in [1.82, 2.24) is 9.97 Å². The third kappa shape index (κ3) is 5.90. The van der Waals surface area contributed by atoms with Crippen molar-refractivity contribution >= 4 is 5.97 Å². The van der Waals surface area contributed by atoms with Crippen molar-refractivity contribution in [2.45, 2.75) is 45.3 Å². The summed E-state index contributed by atoms with van der Waals surface area (Å²) < 4.78 is 10.3. The molecule has 1 unspecified atom stereocenters. The Morgan fingerprint density at radius 2 is 2.23 bits per heavy atom. The van der Waals surface area contributed by atoms with Crippen LogP contribution in [-0.4, -0.2) is 54.0 Å². The van der Waals surface area contributed by atoms with Crippen LogP contribution in [0.4, 0.5) is 0 Å². The number of methoxy groups -OCH3 is 1. The second-order valence-corrected chi connectivity index (χ2v) is 7.68. The minimum absolute atomic E-state index is 0.0106. The third-order valence-corrected chi connectivity index (χ3v) is 5.21. The van der Waals surface area contributed by atoms with E-state index in [1.165, 1.54) is 0 Å². The lowest BCUT2D eigenvalue weighted by atomic mass is 10.1. The Kier molecular flexibility index (Phi) is 7.59. The first-order valence-corrected chi connectivity index (χ1v) is 10.4. The van der Waals surface area contributed by atoms with Crippen molar-refractivity contribution in [1.29, 1.82) is 0 Å². The molecule has 8 nitrogen and oxygen atoms in total. The molecule has 3 N–H and O–H groups in total. The number of esters is 1. The van der Waals surface area contributed by atoms with Crippen molar-refractivity contribution in [2.75, 3.05) is 26.8 Å². The quantitative estimate of drug-likeness (QED) is 0.498. The van der Waals surface area contributed by atoms with E-state index < -0.39 is 6.10 Å². The number of nitrogens with one attached hydrogen (secondary N) is 2. The van der Waals surface area contributed by atoms with Crippen LogP contribution in [-0.2, 0) is 28.9 Å². The third-order valence-electron chi connectivity index (χ3n) is 5.21. The van der Waals surface area contributed by atoms with Crippen LogP contribution in [0.1, 0.15) is 42.4 Å². The van der Waals surface area contributed by atoms with Gasteiger partial charge in [0.05, 0.1) is 24.9 Å². The lowest BCUT2D eigenvalue weighted by Crippen LogP contribution is -3.13. The molecule has 0 saturated heterocycles. The number of fused-ring (bicyclic) bond motifs is 1. The van der Waals surface area contributed by atoms with Gasteiger partial charge in [0.25, 0.3) is 5.56 Å². The minimum Gasteiger partial charge on any atom is -0.497 e. The number of nitrogens with zero attached hydrogens (tertiary/aromatic N) is 1. The summed E-state index contributed by atoms with van der Waals surface area (Å²) in [6.45, 7) is 3.58. The summed E-state index contributed by atoms with van der Waals surface area (Å²) in [6.07, 6.45) is 1.52. The fraction of sp³-hybridized carbons (Fsp3) is 0.500. The number of rotatable bonds is 9. The highest BCUT2D eigenvalue weighted by molar-refractivity contribution is 5.69. The Labute approximate surface area is 175 Å². The molecular weight excluding hydrogens is 386 g/mol. The molecule has 0 spiro atoms. The Morgan fingerprint density at radius 1 is 1.40 bits per heavy atom. The number of H-pyrrole nitrogens is 1. The standard InChI is InChI=1S/C22H29N3O5/c1-3-5-21(27)30-14-16(26)12-25-9-8-19-18(13-25)22(28)24-20(23-19)11-15-6-4-7-17(10-15)29-2/h4,6-7,10,16,26H,3,5,8-9,11-14H2,1-2H3,(H,23,24,28)/p+1/t16-/m0/s1. The predicted octanol–water partition coefficient (Wildman–Crippen LogP) is 0.0145. The van der Waals surface area contributed by atoms with Gasteiger partial charge in [0.1, 0.15) is 37.4 Å². The average molecular weight is 416 g/mol. The molecule has 1 aromatic heterocycles. The molecule has 0 aliphatic carbocycles. The van der Waals surface area contributed by atoms with Crippen molar-refractivity contribution < 1.29 is 24.3 Å². The SMILES string of the molecule is CCCC(=O)OC[C@@H](O)C[NH+]1CCc2nc(Cc3cccc(OC)c3)[nH]c(=O)c2C1. The first kappa shape index (κ1) is 22.0. The topological polar surface area (TPSA) is 106 Å². The van der Waals surface area contributed by atoms with Crippen LogP contribution in [0.15, 0.2) is 29.1 Å². The zero-order valence-corrected chi connectivity index (χ0v) is 17.6. The van der Waals surface area contributed by atoms with Gasteiger partial charge in [-0.15, -0.1) is 0 Å². The van der Waals surface area contributed by atoms with Crippen LogP contribution in [0.5, 0.6) is 5.75 Å². The Morgan fingerprint density at radius 3 is 3.00 bits per heavy atom. The molecule has 30 heavy (non-hydrogen) atoms. The Bertz CT molecular complexity index is 927. The molecule has 0 amide bonds. The molecule has 1 aromatic carbocycles. The number of hydrogen-bond donors (Lipinski definition) is 3. The summed E-state index contributed by atoms with van der Waals surface area (Å²) in [5, 5.41) is 10.2. The van der Waals surface area contributed by atoms with Gasteiger partial charge in [-0.25, -0.2) is 4.98 Å². The Hall–Kier alpha value is -2.71. The number of carbonyl (C=O) groups excluding carboxylic acids is 1. The number of aromatic nitrogens is 2. The van der Waals surface area contributed by atoms with Gasteiger partial charge in [0.15, 0.2) is 0 Å². The first-order chi connectivity index (χ1) is 14.5. The zero-order chi connectivity index (χ0) is 21.5. The monoisotopic (exact) mass is 416 g/mol. The molecule has 8 heteroatoms. The molecule has 0 bridgehead atoms. The number of quaternary nitrogens is 1. The summed E-state index contributed by atoms with van der Waals surface area (Å²) in [6, 6.07) is 7.70. The molecule has 3 rings (SSSR count). The lowest BCUT2D eigenvalue weighted by molar-refractivity contribution is -0.919. The summed E-state index contributed by atoms with van der Waals surface area (Å²) in [7, 11) is 1.62. The second-order valence-electron chi connectivity index (χ2n) is 7.68. The minimum atomic E-state index is -0.748. The fourth-order valence-electron chi connectivity index (χ4n) is 3.71. The number of aliphatic hydroxyl groups is 1. The molecule has 0 radical (unpaired) electrons. The van der Waals surface area contributed by atoms with Gasteiger partial charge < -0.3 is 24.5 Å². The highest BCUT2D eigenvalue weighted by Crippen LogP contribution is 2.15.